The molecule has 1 heterocycles. The first kappa shape index (κ1) is 10.3. The highest BCUT2D eigenvalue weighted by atomic mass is 16.3. The maximum atomic E-state index is 10.00. The molecule has 4 heteroatoms. The topological polar surface area (TPSA) is 85.8 Å². The Morgan fingerprint density at radius 1 is 1.19 bits per heavy atom. The van der Waals surface area contributed by atoms with Crippen molar-refractivity contribution in [3.63, 3.8) is 0 Å². The molecular weight excluding hydrogens is 202 g/mol. The van der Waals surface area contributed by atoms with E-state index in [2.05, 4.69) is 4.98 Å². The third-order valence-corrected chi connectivity index (χ3v) is 2.38. The molecule has 0 aliphatic rings. The molecular formula is C12H11N3O. The van der Waals surface area contributed by atoms with Crippen LogP contribution in [0.5, 0.6) is 0 Å². The van der Waals surface area contributed by atoms with Gasteiger partial charge in [0.2, 0.25) is 0 Å². The predicted octanol–water partition coefficient (Wildman–Crippen LogP) is 1.55. The molecule has 0 amide bonds. The van der Waals surface area contributed by atoms with Gasteiger partial charge in [-0.05, 0) is 29.8 Å². The fourth-order valence-electron chi connectivity index (χ4n) is 1.51. The number of rotatable bonds is 2. The number of nitrogens with one attached hydrogen (secondary N) is 1. The number of aromatic nitrogens is 1. The van der Waals surface area contributed by atoms with Crippen LogP contribution in [0.25, 0.3) is 0 Å². The zero-order valence-electron chi connectivity index (χ0n) is 8.51. The first-order valence-electron chi connectivity index (χ1n) is 4.83. The number of benzene rings is 1. The van der Waals surface area contributed by atoms with Crippen molar-refractivity contribution in [1.29, 1.82) is 5.26 Å². The lowest BCUT2D eigenvalue weighted by Crippen LogP contribution is -2.00. The van der Waals surface area contributed by atoms with Crippen LogP contribution in [0.3, 0.4) is 0 Å². The number of aliphatic hydroxyl groups excluding tert-OH is 1. The van der Waals surface area contributed by atoms with Crippen LogP contribution in [0.2, 0.25) is 0 Å². The molecule has 1 unspecified atom stereocenters. The van der Waals surface area contributed by atoms with Crippen LogP contribution in [0, 0.1) is 11.3 Å². The van der Waals surface area contributed by atoms with E-state index in [4.69, 9.17) is 11.0 Å². The molecule has 0 fully saturated rings. The minimum Gasteiger partial charge on any atom is -0.385 e. The van der Waals surface area contributed by atoms with E-state index in [1.165, 1.54) is 0 Å². The highest BCUT2D eigenvalue weighted by Crippen LogP contribution is 2.21. The number of nitriles is 1. The van der Waals surface area contributed by atoms with E-state index in [0.717, 1.165) is 5.56 Å². The first-order chi connectivity index (χ1) is 7.70. The largest absolute Gasteiger partial charge is 0.385 e. The molecule has 0 saturated heterocycles. The Balaban J connectivity index is 2.27. The Bertz CT molecular complexity index is 522. The number of hydrogen-bond donors (Lipinski definition) is 3. The summed E-state index contributed by atoms with van der Waals surface area (Å²) >= 11 is 0. The third-order valence-electron chi connectivity index (χ3n) is 2.38. The van der Waals surface area contributed by atoms with Crippen LogP contribution in [-0.2, 0) is 0 Å². The maximum Gasteiger partial charge on any atom is 0.119 e. The normalized spacial score (nSPS) is 12.0. The van der Waals surface area contributed by atoms with Crippen LogP contribution in [-0.4, -0.2) is 10.1 Å². The average Bonchev–Trinajstić information content (AvgIpc) is 2.75. The van der Waals surface area contributed by atoms with Gasteiger partial charge in [0.05, 0.1) is 17.3 Å². The van der Waals surface area contributed by atoms with E-state index in [9.17, 15) is 5.11 Å². The lowest BCUT2D eigenvalue weighted by molar-refractivity contribution is 0.216. The van der Waals surface area contributed by atoms with Crippen molar-refractivity contribution in [3.8, 4) is 6.07 Å². The molecule has 4 nitrogen and oxygen atoms in total. The number of anilines is 1. The lowest BCUT2D eigenvalue weighted by Gasteiger charge is -2.08. The Morgan fingerprint density at radius 3 is 2.38 bits per heavy atom. The Hall–Kier alpha value is -2.25. The van der Waals surface area contributed by atoms with Gasteiger partial charge in [0.15, 0.2) is 0 Å². The van der Waals surface area contributed by atoms with Crippen LogP contribution >= 0.6 is 0 Å². The standard InChI is InChI=1S/C12H11N3O/c13-7-8-1-3-9(4-2-8)12(16)10-5-6-11(14)15-10/h1-6,12,15-16H,14H2. The monoisotopic (exact) mass is 213 g/mol. The Labute approximate surface area is 93.0 Å². The zero-order valence-corrected chi connectivity index (χ0v) is 8.51. The molecule has 2 rings (SSSR count). The molecule has 2 aromatic rings. The molecule has 0 radical (unpaired) electrons. The smallest absolute Gasteiger partial charge is 0.119 e. The Morgan fingerprint density at radius 2 is 1.88 bits per heavy atom. The summed E-state index contributed by atoms with van der Waals surface area (Å²) in [5.41, 5.74) is 7.47. The summed E-state index contributed by atoms with van der Waals surface area (Å²) in [6.07, 6.45) is -0.745. The number of aromatic amines is 1. The van der Waals surface area contributed by atoms with E-state index in [1.54, 1.807) is 36.4 Å². The van der Waals surface area contributed by atoms with Gasteiger partial charge >= 0.3 is 0 Å². The van der Waals surface area contributed by atoms with Gasteiger partial charge in [0.25, 0.3) is 0 Å². The fourth-order valence-corrected chi connectivity index (χ4v) is 1.51. The quantitative estimate of drug-likeness (QED) is 0.707. The minimum absolute atomic E-state index is 0.516. The summed E-state index contributed by atoms with van der Waals surface area (Å²) in [6.45, 7) is 0. The van der Waals surface area contributed by atoms with Gasteiger partial charge in [0.1, 0.15) is 11.9 Å². The number of nitrogens with two attached hydrogens (primary N) is 1. The van der Waals surface area contributed by atoms with Crippen molar-refractivity contribution < 1.29 is 5.11 Å². The predicted molar refractivity (Wildman–Crippen MR) is 60.4 cm³/mol. The summed E-state index contributed by atoms with van der Waals surface area (Å²) in [4.78, 5) is 2.87. The lowest BCUT2D eigenvalue weighted by atomic mass is 10.1. The summed E-state index contributed by atoms with van der Waals surface area (Å²) in [6, 6.07) is 12.2. The second-order valence-electron chi connectivity index (χ2n) is 3.51. The van der Waals surface area contributed by atoms with Crippen molar-refractivity contribution in [2.45, 2.75) is 6.10 Å². The van der Waals surface area contributed by atoms with Crippen LogP contribution in [0.1, 0.15) is 22.9 Å². The zero-order chi connectivity index (χ0) is 11.5. The molecule has 0 bridgehead atoms. The second kappa shape index (κ2) is 4.09. The number of hydrogen-bond acceptors (Lipinski definition) is 3. The number of aliphatic hydroxyl groups is 1. The molecule has 1 atom stereocenters. The van der Waals surface area contributed by atoms with Crippen molar-refractivity contribution in [2.24, 2.45) is 0 Å². The summed E-state index contributed by atoms with van der Waals surface area (Å²) in [7, 11) is 0. The highest BCUT2D eigenvalue weighted by molar-refractivity contribution is 5.38. The number of nitrogen functional groups attached to an aromatic ring is 1. The van der Waals surface area contributed by atoms with Gasteiger partial charge in [-0.3, -0.25) is 0 Å². The number of nitrogens with zero attached hydrogens (tertiary/aromatic N) is 1. The minimum atomic E-state index is -0.745. The highest BCUT2D eigenvalue weighted by Gasteiger charge is 2.11. The van der Waals surface area contributed by atoms with E-state index >= 15 is 0 Å². The molecule has 1 aromatic heterocycles. The third kappa shape index (κ3) is 1.90. The van der Waals surface area contributed by atoms with Gasteiger partial charge in [-0.15, -0.1) is 0 Å². The first-order valence-corrected chi connectivity index (χ1v) is 4.83. The molecule has 80 valence electrons. The van der Waals surface area contributed by atoms with Gasteiger partial charge < -0.3 is 15.8 Å². The van der Waals surface area contributed by atoms with Crippen molar-refractivity contribution in [2.75, 3.05) is 5.73 Å². The molecule has 1 aromatic carbocycles. The molecule has 0 aliphatic carbocycles. The van der Waals surface area contributed by atoms with Gasteiger partial charge in [-0.25, -0.2) is 0 Å². The van der Waals surface area contributed by atoms with Crippen LogP contribution in [0.15, 0.2) is 36.4 Å². The van der Waals surface area contributed by atoms with E-state index in [1.807, 2.05) is 6.07 Å². The van der Waals surface area contributed by atoms with Crippen LogP contribution < -0.4 is 5.73 Å². The van der Waals surface area contributed by atoms with E-state index in [-0.39, 0.29) is 0 Å². The summed E-state index contributed by atoms with van der Waals surface area (Å²) in [5, 5.41) is 18.7. The van der Waals surface area contributed by atoms with Crippen molar-refractivity contribution in [1.82, 2.24) is 4.98 Å². The van der Waals surface area contributed by atoms with E-state index < -0.39 is 6.10 Å². The summed E-state index contributed by atoms with van der Waals surface area (Å²) < 4.78 is 0. The van der Waals surface area contributed by atoms with Gasteiger partial charge in [-0.1, -0.05) is 12.1 Å². The van der Waals surface area contributed by atoms with Gasteiger partial charge in [-0.2, -0.15) is 5.26 Å². The molecule has 16 heavy (non-hydrogen) atoms. The molecule has 0 spiro atoms. The second-order valence-corrected chi connectivity index (χ2v) is 3.51. The SMILES string of the molecule is N#Cc1ccc(C(O)c2ccc(N)[nH]2)cc1. The fraction of sp³-hybridized carbons (Fsp3) is 0.0833. The average molecular weight is 213 g/mol. The molecule has 0 aliphatic heterocycles. The van der Waals surface area contributed by atoms with Crippen LogP contribution in [0.4, 0.5) is 5.82 Å². The number of H-pyrrole nitrogens is 1. The Kier molecular flexibility index (Phi) is 2.63. The van der Waals surface area contributed by atoms with Crippen molar-refractivity contribution in [3.05, 3.63) is 53.2 Å². The maximum absolute atomic E-state index is 10.00. The molecule has 4 N–H and O–H groups in total. The summed E-state index contributed by atoms with van der Waals surface area (Å²) in [5.74, 6) is 0.516. The molecule has 0 saturated carbocycles. The van der Waals surface area contributed by atoms with Crippen molar-refractivity contribution >= 4 is 5.82 Å². The van der Waals surface area contributed by atoms with Gasteiger partial charge in [0, 0.05) is 0 Å². The van der Waals surface area contributed by atoms with E-state index in [0.29, 0.717) is 17.1 Å².